The van der Waals surface area contributed by atoms with Gasteiger partial charge >= 0.3 is 5.97 Å². The third kappa shape index (κ3) is 4.21. The molecule has 0 saturated carbocycles. The maximum absolute atomic E-state index is 10.6. The number of aryl methyl sites for hydroxylation is 1. The highest BCUT2D eigenvalue weighted by molar-refractivity contribution is 5.65. The molecule has 0 bridgehead atoms. The van der Waals surface area contributed by atoms with E-state index in [4.69, 9.17) is 4.74 Å². The SMILES string of the molecule is CC(=O)OCCC[n+]1ccc(-c2ccccc2)cc1. The van der Waals surface area contributed by atoms with Crippen molar-refractivity contribution >= 4 is 5.97 Å². The Bertz CT molecular complexity index is 520. The number of aromatic nitrogens is 1. The van der Waals surface area contributed by atoms with Gasteiger partial charge in [-0.3, -0.25) is 4.79 Å². The van der Waals surface area contributed by atoms with Gasteiger partial charge in [0, 0.05) is 25.5 Å². The van der Waals surface area contributed by atoms with Gasteiger partial charge in [0.1, 0.15) is 0 Å². The van der Waals surface area contributed by atoms with Crippen molar-refractivity contribution in [2.24, 2.45) is 0 Å². The Kier molecular flexibility index (Phi) is 4.67. The van der Waals surface area contributed by atoms with Gasteiger partial charge in [0.15, 0.2) is 18.9 Å². The molecule has 1 aromatic heterocycles. The van der Waals surface area contributed by atoms with Crippen LogP contribution in [0.2, 0.25) is 0 Å². The molecule has 0 saturated heterocycles. The first-order chi connectivity index (χ1) is 9.25. The number of nitrogens with zero attached hydrogens (tertiary/aromatic N) is 1. The Morgan fingerprint density at radius 2 is 1.68 bits per heavy atom. The zero-order chi connectivity index (χ0) is 13.5. The maximum atomic E-state index is 10.6. The first-order valence-corrected chi connectivity index (χ1v) is 6.43. The Morgan fingerprint density at radius 1 is 1.05 bits per heavy atom. The van der Waals surface area contributed by atoms with E-state index >= 15 is 0 Å². The van der Waals surface area contributed by atoms with Gasteiger partial charge < -0.3 is 4.74 Å². The molecule has 0 aliphatic rings. The fraction of sp³-hybridized carbons (Fsp3) is 0.250. The van der Waals surface area contributed by atoms with Crippen molar-refractivity contribution < 1.29 is 14.1 Å². The van der Waals surface area contributed by atoms with E-state index in [1.54, 1.807) is 0 Å². The van der Waals surface area contributed by atoms with Crippen LogP contribution in [0.25, 0.3) is 11.1 Å². The van der Waals surface area contributed by atoms with Crippen molar-refractivity contribution in [2.75, 3.05) is 6.61 Å². The molecule has 0 atom stereocenters. The van der Waals surface area contributed by atoms with E-state index in [1.165, 1.54) is 18.1 Å². The molecule has 2 aromatic rings. The highest BCUT2D eigenvalue weighted by atomic mass is 16.5. The molecule has 3 nitrogen and oxygen atoms in total. The summed E-state index contributed by atoms with van der Waals surface area (Å²) in [5.74, 6) is -0.218. The van der Waals surface area contributed by atoms with Crippen LogP contribution in [0.15, 0.2) is 54.9 Å². The van der Waals surface area contributed by atoms with Crippen LogP contribution in [0.1, 0.15) is 13.3 Å². The lowest BCUT2D eigenvalue weighted by molar-refractivity contribution is -0.697. The number of pyridine rings is 1. The zero-order valence-corrected chi connectivity index (χ0v) is 11.1. The summed E-state index contributed by atoms with van der Waals surface area (Å²) in [5.41, 5.74) is 2.42. The Labute approximate surface area is 113 Å². The summed E-state index contributed by atoms with van der Waals surface area (Å²) in [6.07, 6.45) is 4.93. The van der Waals surface area contributed by atoms with Crippen molar-refractivity contribution in [3.05, 3.63) is 54.9 Å². The molecule has 98 valence electrons. The number of ether oxygens (including phenoxy) is 1. The molecule has 1 aromatic carbocycles. The molecule has 0 spiro atoms. The minimum Gasteiger partial charge on any atom is -0.466 e. The van der Waals surface area contributed by atoms with Crippen LogP contribution in [0.5, 0.6) is 0 Å². The molecule has 0 N–H and O–H groups in total. The van der Waals surface area contributed by atoms with Crippen LogP contribution in [0, 0.1) is 0 Å². The summed E-state index contributed by atoms with van der Waals surface area (Å²) in [6, 6.07) is 14.5. The van der Waals surface area contributed by atoms with Crippen LogP contribution >= 0.6 is 0 Å². The van der Waals surface area contributed by atoms with E-state index in [-0.39, 0.29) is 5.97 Å². The number of carbonyl (C=O) groups is 1. The Hall–Kier alpha value is -2.16. The highest BCUT2D eigenvalue weighted by Crippen LogP contribution is 2.16. The zero-order valence-electron chi connectivity index (χ0n) is 11.1. The van der Waals surface area contributed by atoms with Crippen LogP contribution in [0.3, 0.4) is 0 Å². The third-order valence-corrected chi connectivity index (χ3v) is 2.86. The van der Waals surface area contributed by atoms with Gasteiger partial charge in [-0.2, -0.15) is 0 Å². The monoisotopic (exact) mass is 256 g/mol. The minimum absolute atomic E-state index is 0.218. The van der Waals surface area contributed by atoms with Crippen molar-refractivity contribution in [1.29, 1.82) is 0 Å². The molecule has 1 heterocycles. The molecule has 0 amide bonds. The van der Waals surface area contributed by atoms with Crippen molar-refractivity contribution in [3.63, 3.8) is 0 Å². The predicted molar refractivity (Wildman–Crippen MR) is 73.3 cm³/mol. The number of hydrogen-bond donors (Lipinski definition) is 0. The summed E-state index contributed by atoms with van der Waals surface area (Å²) >= 11 is 0. The molecule has 0 aliphatic carbocycles. The van der Waals surface area contributed by atoms with Crippen molar-refractivity contribution in [2.45, 2.75) is 19.9 Å². The van der Waals surface area contributed by atoms with Crippen molar-refractivity contribution in [1.82, 2.24) is 0 Å². The maximum Gasteiger partial charge on any atom is 0.302 e. The summed E-state index contributed by atoms with van der Waals surface area (Å²) in [4.78, 5) is 10.6. The number of benzene rings is 1. The van der Waals surface area contributed by atoms with Gasteiger partial charge in [-0.15, -0.1) is 0 Å². The lowest BCUT2D eigenvalue weighted by Crippen LogP contribution is -2.33. The number of rotatable bonds is 5. The number of hydrogen-bond acceptors (Lipinski definition) is 2. The molecule has 0 aliphatic heterocycles. The van der Waals surface area contributed by atoms with E-state index < -0.39 is 0 Å². The second kappa shape index (κ2) is 6.69. The molecule has 0 fully saturated rings. The first-order valence-electron chi connectivity index (χ1n) is 6.43. The number of esters is 1. The minimum atomic E-state index is -0.218. The fourth-order valence-corrected chi connectivity index (χ4v) is 1.89. The molecule has 19 heavy (non-hydrogen) atoms. The average Bonchev–Trinajstić information content (AvgIpc) is 2.45. The van der Waals surface area contributed by atoms with E-state index in [2.05, 4.69) is 41.2 Å². The van der Waals surface area contributed by atoms with Crippen LogP contribution in [0.4, 0.5) is 0 Å². The molecule has 3 heteroatoms. The fourth-order valence-electron chi connectivity index (χ4n) is 1.89. The van der Waals surface area contributed by atoms with Crippen LogP contribution < -0.4 is 4.57 Å². The summed E-state index contributed by atoms with van der Waals surface area (Å²) in [5, 5.41) is 0. The predicted octanol–water partition coefficient (Wildman–Crippen LogP) is 2.59. The Balaban J connectivity index is 1.90. The average molecular weight is 256 g/mol. The van der Waals surface area contributed by atoms with Gasteiger partial charge in [-0.25, -0.2) is 4.57 Å². The smallest absolute Gasteiger partial charge is 0.302 e. The third-order valence-electron chi connectivity index (χ3n) is 2.86. The topological polar surface area (TPSA) is 30.2 Å². The molecule has 0 unspecified atom stereocenters. The normalized spacial score (nSPS) is 10.2. The lowest BCUT2D eigenvalue weighted by Gasteiger charge is -2.01. The van der Waals surface area contributed by atoms with Crippen LogP contribution in [-0.4, -0.2) is 12.6 Å². The Morgan fingerprint density at radius 3 is 2.32 bits per heavy atom. The van der Waals surface area contributed by atoms with E-state index in [9.17, 15) is 4.79 Å². The van der Waals surface area contributed by atoms with Gasteiger partial charge in [-0.1, -0.05) is 30.3 Å². The number of carbonyl (C=O) groups excluding carboxylic acids is 1. The standard InChI is InChI=1S/C16H18NO2/c1-14(18)19-13-5-10-17-11-8-16(9-12-17)15-6-3-2-4-7-15/h2-4,6-9,11-12H,5,10,13H2,1H3/q+1. The second-order valence-corrected chi connectivity index (χ2v) is 4.38. The lowest BCUT2D eigenvalue weighted by atomic mass is 10.1. The summed E-state index contributed by atoms with van der Waals surface area (Å²) in [6.45, 7) is 2.76. The van der Waals surface area contributed by atoms with E-state index in [1.807, 2.05) is 18.2 Å². The largest absolute Gasteiger partial charge is 0.466 e. The molecular weight excluding hydrogens is 238 g/mol. The second-order valence-electron chi connectivity index (χ2n) is 4.38. The van der Waals surface area contributed by atoms with Gasteiger partial charge in [0.2, 0.25) is 0 Å². The van der Waals surface area contributed by atoms with E-state index in [0.717, 1.165) is 13.0 Å². The van der Waals surface area contributed by atoms with Crippen LogP contribution in [-0.2, 0) is 16.1 Å². The summed E-state index contributed by atoms with van der Waals surface area (Å²) in [7, 11) is 0. The van der Waals surface area contributed by atoms with Crippen molar-refractivity contribution in [3.8, 4) is 11.1 Å². The van der Waals surface area contributed by atoms with Gasteiger partial charge in [0.05, 0.1) is 6.61 Å². The molecule has 0 radical (unpaired) electrons. The molecule has 2 rings (SSSR count). The quantitative estimate of drug-likeness (QED) is 0.467. The van der Waals surface area contributed by atoms with E-state index in [0.29, 0.717) is 6.61 Å². The molecular formula is C16H18NO2+. The summed E-state index contributed by atoms with van der Waals surface area (Å²) < 4.78 is 7.00. The highest BCUT2D eigenvalue weighted by Gasteiger charge is 2.03. The van der Waals surface area contributed by atoms with Gasteiger partial charge in [0.25, 0.3) is 0 Å². The van der Waals surface area contributed by atoms with Gasteiger partial charge in [-0.05, 0) is 11.1 Å². The first kappa shape index (κ1) is 13.3.